The van der Waals surface area contributed by atoms with Gasteiger partial charge in [0, 0.05) is 11.3 Å². The van der Waals surface area contributed by atoms with Gasteiger partial charge in [0.2, 0.25) is 11.8 Å². The summed E-state index contributed by atoms with van der Waals surface area (Å²) in [6.45, 7) is 8.71. The first-order valence-corrected chi connectivity index (χ1v) is 6.49. The minimum absolute atomic E-state index is 0.101. The molecular weight excluding hydrogens is 230 g/mol. The molecule has 0 atom stereocenters. The van der Waals surface area contributed by atoms with Gasteiger partial charge in [0.1, 0.15) is 6.29 Å². The summed E-state index contributed by atoms with van der Waals surface area (Å²) >= 11 is 0. The van der Waals surface area contributed by atoms with Crippen LogP contribution in [0, 0.1) is 5.92 Å². The maximum Gasteiger partial charge on any atom is 0.230 e. The van der Waals surface area contributed by atoms with Crippen molar-refractivity contribution in [3.8, 4) is 0 Å². The third-order valence-corrected chi connectivity index (χ3v) is 3.29. The van der Waals surface area contributed by atoms with Gasteiger partial charge in [0.15, 0.2) is 0 Å². The molecule has 0 amide bonds. The van der Waals surface area contributed by atoms with E-state index in [-0.39, 0.29) is 11.3 Å². The predicted molar refractivity (Wildman–Crippen MR) is 67.1 cm³/mol. The molecule has 0 bridgehead atoms. The smallest absolute Gasteiger partial charge is 0.230 e. The van der Waals surface area contributed by atoms with E-state index in [0.717, 1.165) is 32.2 Å². The summed E-state index contributed by atoms with van der Waals surface area (Å²) in [5, 5.41) is 8.17. The zero-order chi connectivity index (χ0) is 13.2. The molecule has 0 saturated carbocycles. The van der Waals surface area contributed by atoms with Crippen molar-refractivity contribution in [2.24, 2.45) is 5.92 Å². The van der Waals surface area contributed by atoms with Gasteiger partial charge in [0.25, 0.3) is 0 Å². The Labute approximate surface area is 108 Å². The van der Waals surface area contributed by atoms with E-state index in [2.05, 4.69) is 35.9 Å². The second-order valence-electron chi connectivity index (χ2n) is 6.00. The van der Waals surface area contributed by atoms with Crippen molar-refractivity contribution < 1.29 is 9.21 Å². The summed E-state index contributed by atoms with van der Waals surface area (Å²) in [5.74, 6) is 1.58. The second kappa shape index (κ2) is 5.18. The molecule has 100 valence electrons. The van der Waals surface area contributed by atoms with Crippen LogP contribution in [0.5, 0.6) is 0 Å². The van der Waals surface area contributed by atoms with Crippen LogP contribution in [0.15, 0.2) is 4.42 Å². The fourth-order valence-electron chi connectivity index (χ4n) is 2.06. The van der Waals surface area contributed by atoms with Gasteiger partial charge in [-0.3, -0.25) is 4.90 Å². The van der Waals surface area contributed by atoms with Crippen LogP contribution in [0.25, 0.3) is 0 Å². The molecule has 5 nitrogen and oxygen atoms in total. The van der Waals surface area contributed by atoms with Crippen molar-refractivity contribution in [3.05, 3.63) is 11.8 Å². The predicted octanol–water partition coefficient (Wildman–Crippen LogP) is 1.78. The van der Waals surface area contributed by atoms with E-state index in [1.54, 1.807) is 0 Å². The summed E-state index contributed by atoms with van der Waals surface area (Å²) in [6, 6.07) is 0. The van der Waals surface area contributed by atoms with Crippen LogP contribution in [0.1, 0.15) is 45.4 Å². The molecule has 2 rings (SSSR count). The second-order valence-corrected chi connectivity index (χ2v) is 6.00. The highest BCUT2D eigenvalue weighted by atomic mass is 16.4. The van der Waals surface area contributed by atoms with Gasteiger partial charge < -0.3 is 9.21 Å². The number of carbonyl (C=O) groups is 1. The van der Waals surface area contributed by atoms with E-state index in [1.807, 2.05) is 0 Å². The number of rotatable bonds is 3. The fraction of sp³-hybridized carbons (Fsp3) is 0.769. The minimum Gasteiger partial charge on any atom is -0.423 e. The van der Waals surface area contributed by atoms with Gasteiger partial charge in [-0.2, -0.15) is 0 Å². The molecule has 0 radical (unpaired) electrons. The molecule has 5 heteroatoms. The molecule has 1 aliphatic rings. The maximum atomic E-state index is 10.7. The molecule has 0 aliphatic carbocycles. The molecule has 1 aromatic rings. The quantitative estimate of drug-likeness (QED) is 0.766. The minimum atomic E-state index is -0.101. The zero-order valence-corrected chi connectivity index (χ0v) is 11.3. The lowest BCUT2D eigenvalue weighted by molar-refractivity contribution is -0.112. The molecule has 18 heavy (non-hydrogen) atoms. The van der Waals surface area contributed by atoms with Crippen molar-refractivity contribution in [2.75, 3.05) is 13.1 Å². The Kier molecular flexibility index (Phi) is 3.80. The monoisotopic (exact) mass is 251 g/mol. The van der Waals surface area contributed by atoms with Crippen LogP contribution in [0.4, 0.5) is 0 Å². The summed E-state index contributed by atoms with van der Waals surface area (Å²) in [4.78, 5) is 12.9. The number of piperidine rings is 1. The Hall–Kier alpha value is -1.23. The normalized spacial score (nSPS) is 19.1. The number of aldehydes is 1. The first kappa shape index (κ1) is 13.2. The van der Waals surface area contributed by atoms with E-state index >= 15 is 0 Å². The molecule has 0 aromatic carbocycles. The Morgan fingerprint density at radius 2 is 2.00 bits per heavy atom. The van der Waals surface area contributed by atoms with E-state index < -0.39 is 0 Å². The summed E-state index contributed by atoms with van der Waals surface area (Å²) in [6.07, 6.45) is 2.94. The fourth-order valence-corrected chi connectivity index (χ4v) is 2.06. The number of hydrogen-bond acceptors (Lipinski definition) is 5. The lowest BCUT2D eigenvalue weighted by Gasteiger charge is -2.28. The van der Waals surface area contributed by atoms with Gasteiger partial charge in [-0.05, 0) is 25.9 Å². The van der Waals surface area contributed by atoms with Crippen molar-refractivity contribution in [2.45, 2.75) is 45.6 Å². The number of nitrogens with zero attached hydrogens (tertiary/aromatic N) is 3. The highest BCUT2D eigenvalue weighted by Gasteiger charge is 2.23. The van der Waals surface area contributed by atoms with Crippen LogP contribution in [-0.4, -0.2) is 34.5 Å². The largest absolute Gasteiger partial charge is 0.423 e. The summed E-state index contributed by atoms with van der Waals surface area (Å²) < 4.78 is 5.67. The van der Waals surface area contributed by atoms with Crippen LogP contribution >= 0.6 is 0 Å². The lowest BCUT2D eigenvalue weighted by atomic mass is 9.97. The highest BCUT2D eigenvalue weighted by molar-refractivity contribution is 5.53. The highest BCUT2D eigenvalue weighted by Crippen LogP contribution is 2.22. The lowest BCUT2D eigenvalue weighted by Crippen LogP contribution is -2.33. The van der Waals surface area contributed by atoms with Crippen molar-refractivity contribution in [1.82, 2.24) is 15.1 Å². The summed E-state index contributed by atoms with van der Waals surface area (Å²) in [5.41, 5.74) is -0.101. The zero-order valence-electron chi connectivity index (χ0n) is 11.3. The Morgan fingerprint density at radius 1 is 1.33 bits per heavy atom. The van der Waals surface area contributed by atoms with Gasteiger partial charge in [0.05, 0.1) is 6.54 Å². The van der Waals surface area contributed by atoms with Crippen LogP contribution in [-0.2, 0) is 16.8 Å². The van der Waals surface area contributed by atoms with Crippen LogP contribution in [0.2, 0.25) is 0 Å². The molecule has 1 aliphatic heterocycles. The topological polar surface area (TPSA) is 59.2 Å². The Morgan fingerprint density at radius 3 is 2.50 bits per heavy atom. The molecule has 0 N–H and O–H groups in total. The number of carbonyl (C=O) groups excluding carboxylic acids is 1. The van der Waals surface area contributed by atoms with E-state index in [4.69, 9.17) is 4.42 Å². The molecule has 0 spiro atoms. The van der Waals surface area contributed by atoms with Gasteiger partial charge in [-0.25, -0.2) is 0 Å². The first-order chi connectivity index (χ1) is 8.49. The Balaban J connectivity index is 1.91. The average Bonchev–Trinajstić information content (AvgIpc) is 2.78. The standard InChI is InChI=1S/C13H21N3O2/c1-13(2,3)12-15-14-11(18-12)8-16-6-4-10(9-17)5-7-16/h9-10H,4-8H2,1-3H3. The van der Waals surface area contributed by atoms with Gasteiger partial charge in [-0.1, -0.05) is 20.8 Å². The average molecular weight is 251 g/mol. The first-order valence-electron chi connectivity index (χ1n) is 6.49. The molecule has 1 aromatic heterocycles. The molecule has 1 saturated heterocycles. The number of hydrogen-bond donors (Lipinski definition) is 0. The molecular formula is C13H21N3O2. The summed E-state index contributed by atoms with van der Waals surface area (Å²) in [7, 11) is 0. The van der Waals surface area contributed by atoms with Gasteiger partial charge >= 0.3 is 0 Å². The van der Waals surface area contributed by atoms with Crippen LogP contribution in [0.3, 0.4) is 0 Å². The van der Waals surface area contributed by atoms with E-state index in [1.165, 1.54) is 0 Å². The molecule has 0 unspecified atom stereocenters. The molecule has 1 fully saturated rings. The third-order valence-electron chi connectivity index (χ3n) is 3.29. The van der Waals surface area contributed by atoms with E-state index in [0.29, 0.717) is 18.3 Å². The molecule has 2 heterocycles. The van der Waals surface area contributed by atoms with Crippen molar-refractivity contribution in [3.63, 3.8) is 0 Å². The van der Waals surface area contributed by atoms with Crippen molar-refractivity contribution in [1.29, 1.82) is 0 Å². The van der Waals surface area contributed by atoms with Crippen LogP contribution < -0.4 is 0 Å². The number of likely N-dealkylation sites (tertiary alicyclic amines) is 1. The number of aromatic nitrogens is 2. The third kappa shape index (κ3) is 3.16. The van der Waals surface area contributed by atoms with Crippen molar-refractivity contribution >= 4 is 6.29 Å². The maximum absolute atomic E-state index is 10.7. The van der Waals surface area contributed by atoms with Gasteiger partial charge in [-0.15, -0.1) is 10.2 Å². The Bertz CT molecular complexity index is 401. The van der Waals surface area contributed by atoms with E-state index in [9.17, 15) is 4.79 Å². The SMILES string of the molecule is CC(C)(C)c1nnc(CN2CCC(C=O)CC2)o1.